The van der Waals surface area contributed by atoms with Crippen LogP contribution < -0.4 is 0 Å². The Balaban J connectivity index is 2.10. The molecule has 1 saturated heterocycles. The molecule has 2 heterocycles. The zero-order chi connectivity index (χ0) is 15.7. The summed E-state index contributed by atoms with van der Waals surface area (Å²) < 4.78 is 26.3. The Morgan fingerprint density at radius 3 is 2.52 bits per heavy atom. The van der Waals surface area contributed by atoms with Crippen LogP contribution in [0.25, 0.3) is 0 Å². The average molecular weight is 314 g/mol. The van der Waals surface area contributed by atoms with Crippen LogP contribution in [0.2, 0.25) is 0 Å². The molecule has 1 aliphatic heterocycles. The van der Waals surface area contributed by atoms with Gasteiger partial charge >= 0.3 is 0 Å². The minimum Gasteiger partial charge on any atom is -0.341 e. The van der Waals surface area contributed by atoms with Gasteiger partial charge in [0, 0.05) is 31.6 Å². The summed E-state index contributed by atoms with van der Waals surface area (Å²) in [5, 5.41) is 0.0955. The number of sulfonamides is 1. The first-order valence-corrected chi connectivity index (χ1v) is 8.45. The van der Waals surface area contributed by atoms with Crippen LogP contribution in [0.4, 0.5) is 0 Å². The summed E-state index contributed by atoms with van der Waals surface area (Å²) in [4.78, 5) is 20.4. The van der Waals surface area contributed by atoms with Crippen LogP contribution in [0.1, 0.15) is 27.2 Å². The Hall–Kier alpha value is -1.41. The van der Waals surface area contributed by atoms with Crippen molar-refractivity contribution >= 4 is 15.9 Å². The molecule has 0 bridgehead atoms. The predicted octanol–water partition coefficient (Wildman–Crippen LogP) is 0.679. The number of hydrogen-bond acceptors (Lipinski definition) is 4. The number of rotatable bonds is 2. The molecule has 7 nitrogen and oxygen atoms in total. The Kier molecular flexibility index (Phi) is 4.38. The molecule has 0 saturated carbocycles. The fraction of sp³-hybridized carbons (Fsp3) is 0.692. The topological polar surface area (TPSA) is 86.4 Å². The first-order valence-electron chi connectivity index (χ1n) is 7.01. The fourth-order valence-corrected chi connectivity index (χ4v) is 3.70. The van der Waals surface area contributed by atoms with Crippen LogP contribution in [-0.2, 0) is 14.8 Å². The molecule has 2 rings (SSSR count). The van der Waals surface area contributed by atoms with E-state index in [-0.39, 0.29) is 10.9 Å². The Bertz CT molecular complexity index is 589. The zero-order valence-electron chi connectivity index (χ0n) is 12.7. The lowest BCUT2D eigenvalue weighted by Gasteiger charge is -2.28. The van der Waals surface area contributed by atoms with Gasteiger partial charge in [0.15, 0.2) is 5.03 Å². The second kappa shape index (κ2) is 5.76. The van der Waals surface area contributed by atoms with Crippen molar-refractivity contribution < 1.29 is 13.2 Å². The van der Waals surface area contributed by atoms with Gasteiger partial charge in [-0.2, -0.15) is 4.31 Å². The van der Waals surface area contributed by atoms with Crippen LogP contribution >= 0.6 is 0 Å². The number of amides is 1. The third kappa shape index (κ3) is 3.44. The number of nitrogens with one attached hydrogen (secondary N) is 1. The number of nitrogens with zero attached hydrogens (tertiary/aromatic N) is 3. The van der Waals surface area contributed by atoms with Crippen molar-refractivity contribution in [3.8, 4) is 0 Å². The zero-order valence-corrected chi connectivity index (χ0v) is 13.5. The van der Waals surface area contributed by atoms with E-state index in [1.54, 1.807) is 4.90 Å². The highest BCUT2D eigenvalue weighted by Crippen LogP contribution is 2.20. The third-order valence-electron chi connectivity index (χ3n) is 3.47. The quantitative estimate of drug-likeness (QED) is 0.869. The number of H-pyrrole nitrogens is 1. The van der Waals surface area contributed by atoms with E-state index in [0.717, 1.165) is 0 Å². The molecule has 1 amide bonds. The van der Waals surface area contributed by atoms with Crippen molar-refractivity contribution in [2.75, 3.05) is 26.2 Å². The van der Waals surface area contributed by atoms with Crippen molar-refractivity contribution in [1.29, 1.82) is 0 Å². The van der Waals surface area contributed by atoms with E-state index in [0.29, 0.717) is 32.6 Å². The molecule has 0 radical (unpaired) electrons. The van der Waals surface area contributed by atoms with Crippen LogP contribution in [0, 0.1) is 5.41 Å². The second-order valence-corrected chi connectivity index (χ2v) is 8.12. The number of hydrogen-bond donors (Lipinski definition) is 1. The van der Waals surface area contributed by atoms with Crippen LogP contribution in [0.3, 0.4) is 0 Å². The highest BCUT2D eigenvalue weighted by atomic mass is 32.2. The largest absolute Gasteiger partial charge is 0.341 e. The minimum atomic E-state index is -3.55. The lowest BCUT2D eigenvalue weighted by atomic mass is 9.94. The highest BCUT2D eigenvalue weighted by molar-refractivity contribution is 7.89. The highest BCUT2D eigenvalue weighted by Gasteiger charge is 2.32. The first kappa shape index (κ1) is 16.0. The van der Waals surface area contributed by atoms with Crippen molar-refractivity contribution in [3.05, 3.63) is 12.5 Å². The Morgan fingerprint density at radius 1 is 1.24 bits per heavy atom. The van der Waals surface area contributed by atoms with Gasteiger partial charge in [-0.1, -0.05) is 20.8 Å². The number of aromatic nitrogens is 2. The molecule has 8 heteroatoms. The van der Waals surface area contributed by atoms with Crippen LogP contribution in [0.5, 0.6) is 0 Å². The predicted molar refractivity (Wildman–Crippen MR) is 78.0 cm³/mol. The molecule has 0 unspecified atom stereocenters. The smallest absolute Gasteiger partial charge is 0.260 e. The van der Waals surface area contributed by atoms with E-state index >= 15 is 0 Å². The molecule has 0 spiro atoms. The lowest BCUT2D eigenvalue weighted by molar-refractivity contribution is -0.139. The number of imidazole rings is 1. The summed E-state index contributed by atoms with van der Waals surface area (Å²) in [5.41, 5.74) is -0.447. The molecule has 1 aromatic rings. The van der Waals surface area contributed by atoms with Crippen LogP contribution in [-0.4, -0.2) is 59.7 Å². The maximum Gasteiger partial charge on any atom is 0.260 e. The molecule has 1 aliphatic rings. The minimum absolute atomic E-state index is 0.0586. The van der Waals surface area contributed by atoms with Gasteiger partial charge in [-0.25, -0.2) is 13.4 Å². The maximum absolute atomic E-state index is 12.4. The molecule has 1 aromatic heterocycles. The van der Waals surface area contributed by atoms with Gasteiger partial charge in [0.2, 0.25) is 5.91 Å². The molecule has 0 atom stereocenters. The van der Waals surface area contributed by atoms with Crippen molar-refractivity contribution in [2.45, 2.75) is 32.2 Å². The van der Waals surface area contributed by atoms with Gasteiger partial charge in [-0.15, -0.1) is 0 Å². The van der Waals surface area contributed by atoms with Crippen molar-refractivity contribution in [3.63, 3.8) is 0 Å². The van der Waals surface area contributed by atoms with E-state index in [4.69, 9.17) is 0 Å². The second-order valence-electron chi connectivity index (χ2n) is 6.22. The van der Waals surface area contributed by atoms with Gasteiger partial charge < -0.3 is 9.88 Å². The summed E-state index contributed by atoms with van der Waals surface area (Å²) in [7, 11) is -3.55. The van der Waals surface area contributed by atoms with E-state index in [1.807, 2.05) is 20.8 Å². The van der Waals surface area contributed by atoms with E-state index in [1.165, 1.54) is 16.8 Å². The summed E-state index contributed by atoms with van der Waals surface area (Å²) >= 11 is 0. The molecule has 1 N–H and O–H groups in total. The maximum atomic E-state index is 12.4. The number of carbonyl (C=O) groups is 1. The fourth-order valence-electron chi connectivity index (χ4n) is 2.33. The Labute approximate surface area is 125 Å². The van der Waals surface area contributed by atoms with Crippen molar-refractivity contribution in [2.24, 2.45) is 5.41 Å². The lowest BCUT2D eigenvalue weighted by Crippen LogP contribution is -2.42. The normalized spacial score (nSPS) is 18.5. The van der Waals surface area contributed by atoms with Crippen molar-refractivity contribution in [1.82, 2.24) is 19.2 Å². The van der Waals surface area contributed by atoms with Gasteiger partial charge in [-0.3, -0.25) is 4.79 Å². The molecule has 1 fully saturated rings. The van der Waals surface area contributed by atoms with E-state index < -0.39 is 15.4 Å². The van der Waals surface area contributed by atoms with E-state index in [2.05, 4.69) is 9.97 Å². The number of aromatic amines is 1. The molecule has 21 heavy (non-hydrogen) atoms. The molecule has 0 aromatic carbocycles. The van der Waals surface area contributed by atoms with Crippen LogP contribution in [0.15, 0.2) is 17.6 Å². The molecular formula is C13H22N4O3S. The molecular weight excluding hydrogens is 292 g/mol. The standard InChI is InChI=1S/C13H22N4O3S/c1-13(2,3)12(18)16-5-4-6-17(8-7-16)21(19,20)11-9-14-10-15-11/h9-10H,4-8H2,1-3H3,(H,14,15). The first-order chi connectivity index (χ1) is 9.73. The summed E-state index contributed by atoms with van der Waals surface area (Å²) in [6.45, 7) is 7.35. The van der Waals surface area contributed by atoms with E-state index in [9.17, 15) is 13.2 Å². The Morgan fingerprint density at radius 2 is 1.95 bits per heavy atom. The summed E-state index contributed by atoms with van der Waals surface area (Å²) in [6, 6.07) is 0. The SMILES string of the molecule is CC(C)(C)C(=O)N1CCCN(S(=O)(=O)c2cnc[nH]2)CC1. The van der Waals surface area contributed by atoms with Gasteiger partial charge in [0.05, 0.1) is 12.5 Å². The third-order valence-corrected chi connectivity index (χ3v) is 5.30. The van der Waals surface area contributed by atoms with Gasteiger partial charge in [0.1, 0.15) is 0 Å². The monoisotopic (exact) mass is 314 g/mol. The molecule has 118 valence electrons. The summed E-state index contributed by atoms with van der Waals surface area (Å²) in [5.74, 6) is 0.0586. The van der Waals surface area contributed by atoms with Gasteiger partial charge in [0.25, 0.3) is 10.0 Å². The number of carbonyl (C=O) groups excluding carboxylic acids is 1. The molecule has 0 aliphatic carbocycles. The average Bonchev–Trinajstić information content (AvgIpc) is 2.82. The van der Waals surface area contributed by atoms with Gasteiger partial charge in [-0.05, 0) is 6.42 Å². The summed E-state index contributed by atoms with van der Waals surface area (Å²) in [6.07, 6.45) is 3.29.